The van der Waals surface area contributed by atoms with E-state index in [-0.39, 0.29) is 23.6 Å². The summed E-state index contributed by atoms with van der Waals surface area (Å²) in [5, 5.41) is 15.1. The minimum Gasteiger partial charge on any atom is -0.496 e. The molecule has 0 fully saturated rings. The number of nitro benzene ring substituents is 1. The number of anilines is 1. The number of hydrogen-bond donors (Lipinski definition) is 1. The molecule has 0 spiro atoms. The van der Waals surface area contributed by atoms with Crippen LogP contribution in [0.25, 0.3) is 0 Å². The monoisotopic (exact) mass is 356 g/mol. The number of halogens is 1. The van der Waals surface area contributed by atoms with E-state index in [0.29, 0.717) is 5.02 Å². The van der Waals surface area contributed by atoms with Crippen molar-refractivity contribution in [2.45, 2.75) is 18.4 Å². The van der Waals surface area contributed by atoms with Gasteiger partial charge >= 0.3 is 0 Å². The molecular weight excluding hydrogens is 340 g/mol. The smallest absolute Gasteiger partial charge is 0.271 e. The Morgan fingerprint density at radius 2 is 2.08 bits per heavy atom. The molecule has 2 aromatic carbocycles. The number of nitro groups is 1. The second kappa shape index (κ2) is 6.08. The molecule has 4 rings (SSSR count). The number of para-hydroxylation sites is 1. The number of fused-ring (bicyclic) bond motifs is 3. The van der Waals surface area contributed by atoms with Gasteiger partial charge in [0.25, 0.3) is 5.69 Å². The predicted molar refractivity (Wildman–Crippen MR) is 97.5 cm³/mol. The van der Waals surface area contributed by atoms with Gasteiger partial charge in [0.2, 0.25) is 0 Å². The van der Waals surface area contributed by atoms with E-state index in [1.807, 2.05) is 18.2 Å². The number of allylic oxidation sites excluding steroid dienone is 2. The minimum absolute atomic E-state index is 0.0281. The number of benzene rings is 2. The molecule has 0 amide bonds. The normalized spacial score (nSPS) is 23.5. The van der Waals surface area contributed by atoms with Crippen LogP contribution in [-0.4, -0.2) is 12.0 Å². The first-order valence-electron chi connectivity index (χ1n) is 8.14. The van der Waals surface area contributed by atoms with Gasteiger partial charge in [-0.05, 0) is 24.0 Å². The highest BCUT2D eigenvalue weighted by molar-refractivity contribution is 6.33. The summed E-state index contributed by atoms with van der Waals surface area (Å²) in [4.78, 5) is 10.8. The lowest BCUT2D eigenvalue weighted by Gasteiger charge is -2.38. The topological polar surface area (TPSA) is 64.4 Å². The average Bonchev–Trinajstić information content (AvgIpc) is 3.11. The number of ether oxygens (including phenoxy) is 1. The van der Waals surface area contributed by atoms with Crippen LogP contribution in [0.2, 0.25) is 5.02 Å². The molecule has 5 nitrogen and oxygen atoms in total. The number of non-ortho nitro benzene ring substituents is 1. The first-order valence-corrected chi connectivity index (χ1v) is 8.52. The van der Waals surface area contributed by atoms with Gasteiger partial charge in [0.05, 0.1) is 28.8 Å². The summed E-state index contributed by atoms with van der Waals surface area (Å²) in [5.74, 6) is 1.19. The average molecular weight is 357 g/mol. The van der Waals surface area contributed by atoms with Crippen molar-refractivity contribution >= 4 is 23.0 Å². The molecule has 1 heterocycles. The number of methoxy groups -OCH3 is 1. The van der Waals surface area contributed by atoms with Gasteiger partial charge in [-0.3, -0.25) is 10.1 Å². The maximum atomic E-state index is 11.2. The highest BCUT2D eigenvalue weighted by Gasteiger charge is 2.40. The Labute approximate surface area is 150 Å². The van der Waals surface area contributed by atoms with Crippen LogP contribution in [0.15, 0.2) is 48.6 Å². The van der Waals surface area contributed by atoms with Crippen LogP contribution in [-0.2, 0) is 0 Å². The number of rotatable bonds is 3. The Hall–Kier alpha value is -2.53. The van der Waals surface area contributed by atoms with Crippen molar-refractivity contribution in [3.05, 3.63) is 74.8 Å². The first-order chi connectivity index (χ1) is 12.1. The Balaban J connectivity index is 1.84. The molecular formula is C19H17ClN2O3. The summed E-state index contributed by atoms with van der Waals surface area (Å²) in [6.07, 6.45) is 5.17. The van der Waals surface area contributed by atoms with Gasteiger partial charge in [0, 0.05) is 23.6 Å². The van der Waals surface area contributed by atoms with Gasteiger partial charge in [0.15, 0.2) is 0 Å². The molecule has 128 valence electrons. The van der Waals surface area contributed by atoms with E-state index >= 15 is 0 Å². The van der Waals surface area contributed by atoms with Crippen molar-refractivity contribution in [2.75, 3.05) is 12.4 Å². The summed E-state index contributed by atoms with van der Waals surface area (Å²) in [5.41, 5.74) is 2.77. The zero-order valence-electron chi connectivity index (χ0n) is 13.6. The van der Waals surface area contributed by atoms with Crippen LogP contribution in [0.5, 0.6) is 5.75 Å². The maximum absolute atomic E-state index is 11.2. The quantitative estimate of drug-likeness (QED) is 0.473. The lowest BCUT2D eigenvalue weighted by molar-refractivity contribution is -0.384. The van der Waals surface area contributed by atoms with Gasteiger partial charge in [-0.15, -0.1) is 0 Å². The van der Waals surface area contributed by atoms with Crippen molar-refractivity contribution in [2.24, 2.45) is 5.92 Å². The van der Waals surface area contributed by atoms with Crippen LogP contribution in [0.4, 0.5) is 11.4 Å². The highest BCUT2D eigenvalue weighted by atomic mass is 35.5. The van der Waals surface area contributed by atoms with E-state index in [4.69, 9.17) is 16.3 Å². The molecule has 0 saturated carbocycles. The van der Waals surface area contributed by atoms with E-state index in [1.54, 1.807) is 13.2 Å². The third-order valence-corrected chi connectivity index (χ3v) is 5.39. The summed E-state index contributed by atoms with van der Waals surface area (Å²) in [6.45, 7) is 0. The Morgan fingerprint density at radius 3 is 2.84 bits per heavy atom. The van der Waals surface area contributed by atoms with Crippen LogP contribution in [0.1, 0.15) is 29.5 Å². The van der Waals surface area contributed by atoms with Crippen LogP contribution >= 0.6 is 11.6 Å². The van der Waals surface area contributed by atoms with Crippen molar-refractivity contribution in [3.8, 4) is 5.75 Å². The molecule has 6 heteroatoms. The third kappa shape index (κ3) is 2.55. The molecule has 0 radical (unpaired) electrons. The second-order valence-corrected chi connectivity index (χ2v) is 6.77. The van der Waals surface area contributed by atoms with Gasteiger partial charge in [0.1, 0.15) is 5.75 Å². The van der Waals surface area contributed by atoms with Crippen molar-refractivity contribution < 1.29 is 9.66 Å². The van der Waals surface area contributed by atoms with Crippen molar-refractivity contribution in [3.63, 3.8) is 0 Å². The second-order valence-electron chi connectivity index (χ2n) is 6.37. The fourth-order valence-electron chi connectivity index (χ4n) is 3.98. The molecule has 0 bridgehead atoms. The summed E-state index contributed by atoms with van der Waals surface area (Å²) >= 11 is 6.39. The summed E-state index contributed by atoms with van der Waals surface area (Å²) < 4.78 is 5.53. The fourth-order valence-corrected chi connectivity index (χ4v) is 4.25. The number of hydrogen-bond acceptors (Lipinski definition) is 4. The Morgan fingerprint density at radius 1 is 1.28 bits per heavy atom. The Kier molecular flexibility index (Phi) is 3.88. The molecule has 0 saturated heterocycles. The van der Waals surface area contributed by atoms with E-state index in [0.717, 1.165) is 29.0 Å². The number of nitrogens with zero attached hydrogens (tertiary/aromatic N) is 1. The Bertz CT molecular complexity index is 881. The standard InChI is InChI=1S/C19H17ClN2O3/c1-25-17-8-3-2-5-14(17)18-13-7-4-6-12(13)15-9-11(22(23)24)10-16(20)19(15)21-18/h2-6,8-10,12-13,18,21H,7H2,1H3/t12-,13+,18-/m1/s1. The first kappa shape index (κ1) is 16.0. The van der Waals surface area contributed by atoms with Crippen LogP contribution in [0, 0.1) is 16.0 Å². The fraction of sp³-hybridized carbons (Fsp3) is 0.263. The lowest BCUT2D eigenvalue weighted by atomic mass is 9.76. The third-order valence-electron chi connectivity index (χ3n) is 5.09. The number of nitrogens with one attached hydrogen (secondary N) is 1. The van der Waals surface area contributed by atoms with E-state index in [1.165, 1.54) is 6.07 Å². The van der Waals surface area contributed by atoms with Gasteiger partial charge in [-0.1, -0.05) is 42.0 Å². The lowest BCUT2D eigenvalue weighted by Crippen LogP contribution is -2.29. The zero-order valence-corrected chi connectivity index (χ0v) is 14.4. The van der Waals surface area contributed by atoms with E-state index < -0.39 is 4.92 Å². The molecule has 25 heavy (non-hydrogen) atoms. The largest absolute Gasteiger partial charge is 0.496 e. The molecule has 0 aromatic heterocycles. The highest BCUT2D eigenvalue weighted by Crippen LogP contribution is 2.53. The molecule has 2 aromatic rings. The van der Waals surface area contributed by atoms with E-state index in [9.17, 15) is 10.1 Å². The molecule has 0 unspecified atom stereocenters. The summed E-state index contributed by atoms with van der Waals surface area (Å²) in [7, 11) is 1.66. The van der Waals surface area contributed by atoms with Gasteiger partial charge in [-0.25, -0.2) is 0 Å². The van der Waals surface area contributed by atoms with Gasteiger partial charge < -0.3 is 10.1 Å². The predicted octanol–water partition coefficient (Wildman–Crippen LogP) is 5.08. The van der Waals surface area contributed by atoms with Crippen LogP contribution in [0.3, 0.4) is 0 Å². The maximum Gasteiger partial charge on any atom is 0.271 e. The molecule has 1 N–H and O–H groups in total. The molecule has 3 atom stereocenters. The van der Waals surface area contributed by atoms with E-state index in [2.05, 4.69) is 23.5 Å². The van der Waals surface area contributed by atoms with Crippen molar-refractivity contribution in [1.29, 1.82) is 0 Å². The zero-order chi connectivity index (χ0) is 17.6. The van der Waals surface area contributed by atoms with Crippen LogP contribution < -0.4 is 10.1 Å². The SMILES string of the molecule is COc1ccccc1[C@@H]1Nc2c(Cl)cc([N+](=O)[O-])cc2[C@@H]2C=CC[C@@H]21. The van der Waals surface area contributed by atoms with Crippen molar-refractivity contribution in [1.82, 2.24) is 0 Å². The molecule has 1 aliphatic heterocycles. The molecule has 2 aliphatic rings. The molecule has 1 aliphatic carbocycles. The summed E-state index contributed by atoms with van der Waals surface area (Å²) in [6, 6.07) is 11.0. The minimum atomic E-state index is -0.397. The van der Waals surface area contributed by atoms with Gasteiger partial charge in [-0.2, -0.15) is 0 Å².